The highest BCUT2D eigenvalue weighted by Crippen LogP contribution is 2.59. The third-order valence-electron chi connectivity index (χ3n) is 8.08. The summed E-state index contributed by atoms with van der Waals surface area (Å²) in [6.45, 7) is 2.58. The van der Waals surface area contributed by atoms with Gasteiger partial charge in [0.25, 0.3) is 0 Å². The van der Waals surface area contributed by atoms with Crippen LogP contribution in [-0.2, 0) is 14.7 Å². The highest BCUT2D eigenvalue weighted by molar-refractivity contribution is 8.04. The predicted molar refractivity (Wildman–Crippen MR) is 147 cm³/mol. The summed E-state index contributed by atoms with van der Waals surface area (Å²) in [7, 11) is -1.05. The van der Waals surface area contributed by atoms with Gasteiger partial charge in [0, 0.05) is 36.2 Å². The maximum absolute atomic E-state index is 14.7. The normalized spacial score (nSPS) is 20.8. The molecule has 0 N–H and O–H groups in total. The molecule has 3 aromatic carbocycles. The van der Waals surface area contributed by atoms with Crippen LogP contribution >= 0.6 is 0 Å². The number of nitrogens with zero attached hydrogens (tertiary/aromatic N) is 4. The SMILES string of the molecule is Cc1nc2c3c(n1)N1CC(CC(=O)N(C)c4ccc(-c5ccccc5)cc4)CC1[SH]3(=O)c1ccccc1-2. The zero-order valence-electron chi connectivity index (χ0n) is 20.8. The molecule has 3 aliphatic heterocycles. The van der Waals surface area contributed by atoms with E-state index in [0.29, 0.717) is 25.2 Å². The topological polar surface area (TPSA) is 66.4 Å². The summed E-state index contributed by atoms with van der Waals surface area (Å²) in [5.41, 5.74) is 4.96. The second-order valence-electron chi connectivity index (χ2n) is 10.3. The molecule has 0 radical (unpaired) electrons. The number of aromatic nitrogens is 2. The number of hydrogen-bond donors (Lipinski definition) is 1. The number of anilines is 2. The molecule has 1 amide bonds. The first kappa shape index (κ1) is 22.4. The third-order valence-corrected chi connectivity index (χ3v) is 11.6. The smallest absolute Gasteiger partial charge is 0.227 e. The van der Waals surface area contributed by atoms with E-state index in [0.717, 1.165) is 43.7 Å². The van der Waals surface area contributed by atoms with Crippen LogP contribution in [-0.4, -0.2) is 39.1 Å². The molecule has 0 aliphatic carbocycles. The summed E-state index contributed by atoms with van der Waals surface area (Å²) in [5.74, 6) is 1.69. The zero-order chi connectivity index (χ0) is 25.3. The molecule has 4 heterocycles. The van der Waals surface area contributed by atoms with Gasteiger partial charge in [0.1, 0.15) is 11.6 Å². The van der Waals surface area contributed by atoms with Gasteiger partial charge in [-0.2, -0.15) is 0 Å². The molecule has 0 spiro atoms. The van der Waals surface area contributed by atoms with E-state index in [4.69, 9.17) is 9.97 Å². The van der Waals surface area contributed by atoms with E-state index in [9.17, 15) is 9.00 Å². The van der Waals surface area contributed by atoms with E-state index in [-0.39, 0.29) is 17.2 Å². The molecular formula is C30H28N4O2S. The van der Waals surface area contributed by atoms with Crippen molar-refractivity contribution < 1.29 is 9.00 Å². The monoisotopic (exact) mass is 508 g/mol. The minimum absolute atomic E-state index is 0.0727. The van der Waals surface area contributed by atoms with Gasteiger partial charge in [-0.3, -0.25) is 9.00 Å². The van der Waals surface area contributed by atoms with Gasteiger partial charge < -0.3 is 9.80 Å². The predicted octanol–water partition coefficient (Wildman–Crippen LogP) is 5.09. The molecule has 3 aliphatic rings. The summed E-state index contributed by atoms with van der Waals surface area (Å²) in [4.78, 5) is 28.5. The molecule has 2 atom stereocenters. The Labute approximate surface area is 217 Å². The molecule has 6 nitrogen and oxygen atoms in total. The number of carbonyl (C=O) groups excluding carboxylic acids is 1. The van der Waals surface area contributed by atoms with Gasteiger partial charge in [0.15, 0.2) is 0 Å². The van der Waals surface area contributed by atoms with E-state index in [1.165, 1.54) is 0 Å². The van der Waals surface area contributed by atoms with Crippen molar-refractivity contribution >= 4 is 27.3 Å². The van der Waals surface area contributed by atoms with E-state index in [1.54, 1.807) is 4.90 Å². The summed E-state index contributed by atoms with van der Waals surface area (Å²) in [6.07, 6.45) is 1.13. The van der Waals surface area contributed by atoms with Crippen molar-refractivity contribution in [3.63, 3.8) is 0 Å². The van der Waals surface area contributed by atoms with E-state index >= 15 is 0 Å². The summed E-state index contributed by atoms with van der Waals surface area (Å²) >= 11 is 0. The van der Waals surface area contributed by atoms with Crippen molar-refractivity contribution in [3.8, 4) is 22.4 Å². The number of thiol groups is 1. The quantitative estimate of drug-likeness (QED) is 0.389. The van der Waals surface area contributed by atoms with Crippen LogP contribution in [0, 0.1) is 12.8 Å². The number of hydrogen-bond acceptors (Lipinski definition) is 5. The first-order valence-electron chi connectivity index (χ1n) is 12.7. The molecule has 7 heteroatoms. The Kier molecular flexibility index (Phi) is 4.88. The van der Waals surface area contributed by atoms with Crippen LogP contribution in [0.1, 0.15) is 18.7 Å². The first-order chi connectivity index (χ1) is 17.9. The molecule has 0 saturated carbocycles. The Morgan fingerprint density at radius 3 is 2.46 bits per heavy atom. The van der Waals surface area contributed by atoms with Crippen LogP contribution in [0.3, 0.4) is 0 Å². The highest BCUT2D eigenvalue weighted by atomic mass is 32.2. The Morgan fingerprint density at radius 2 is 1.68 bits per heavy atom. The summed E-state index contributed by atoms with van der Waals surface area (Å²) in [5, 5.41) is -0.144. The maximum Gasteiger partial charge on any atom is 0.227 e. The minimum atomic E-state index is -2.88. The second-order valence-corrected chi connectivity index (χ2v) is 13.1. The third kappa shape index (κ3) is 3.23. The molecule has 1 aromatic heterocycles. The molecule has 0 bridgehead atoms. The van der Waals surface area contributed by atoms with Crippen molar-refractivity contribution in [2.45, 2.75) is 34.9 Å². The molecule has 1 saturated heterocycles. The standard InChI is InChI=1S/C30H28N4O2S/c1-19-31-28-24-10-6-7-11-25(24)37(36)27-17-20(18-34(27)30(32-19)29(28)37)16-26(35)33(2)23-14-12-22(13-15-23)21-8-4-3-5-9-21/h3-15,20,27,37H,16-18H2,1-2H3. The number of fused-ring (bicyclic) bond motifs is 6. The summed E-state index contributed by atoms with van der Waals surface area (Å²) < 4.78 is 14.7. The van der Waals surface area contributed by atoms with E-state index in [1.807, 2.05) is 68.6 Å². The lowest BCUT2D eigenvalue weighted by atomic mass is 10.0. The molecule has 1 fully saturated rings. The molecule has 2 unspecified atom stereocenters. The van der Waals surface area contributed by atoms with Crippen LogP contribution < -0.4 is 9.80 Å². The van der Waals surface area contributed by atoms with E-state index in [2.05, 4.69) is 29.2 Å². The summed E-state index contributed by atoms with van der Waals surface area (Å²) in [6, 6.07) is 26.3. The molecule has 7 rings (SSSR count). The van der Waals surface area contributed by atoms with Gasteiger partial charge in [-0.25, -0.2) is 9.97 Å². The Balaban J connectivity index is 1.12. The van der Waals surface area contributed by atoms with Crippen LogP contribution in [0.15, 0.2) is 88.7 Å². The maximum atomic E-state index is 14.7. The Hall–Kier alpha value is -3.84. The first-order valence-corrected chi connectivity index (χ1v) is 14.5. The zero-order valence-corrected chi connectivity index (χ0v) is 21.7. The van der Waals surface area contributed by atoms with Crippen molar-refractivity contribution in [2.24, 2.45) is 5.92 Å². The lowest BCUT2D eigenvalue weighted by Gasteiger charge is -2.25. The second kappa shape index (κ2) is 8.08. The van der Waals surface area contributed by atoms with Gasteiger partial charge in [0.2, 0.25) is 5.91 Å². The van der Waals surface area contributed by atoms with E-state index < -0.39 is 9.93 Å². The Morgan fingerprint density at radius 1 is 0.973 bits per heavy atom. The van der Waals surface area contributed by atoms with Crippen molar-refractivity contribution in [2.75, 3.05) is 23.4 Å². The van der Waals surface area contributed by atoms with Gasteiger partial charge in [-0.15, -0.1) is 0 Å². The number of rotatable bonds is 4. The fourth-order valence-electron chi connectivity index (χ4n) is 6.30. The number of aryl methyl sites for hydroxylation is 1. The van der Waals surface area contributed by atoms with Crippen LogP contribution in [0.25, 0.3) is 22.4 Å². The van der Waals surface area contributed by atoms with Crippen molar-refractivity contribution in [1.29, 1.82) is 0 Å². The lowest BCUT2D eigenvalue weighted by molar-refractivity contribution is -0.119. The fourth-order valence-corrected chi connectivity index (χ4v) is 10.2. The number of amides is 1. The molecule has 37 heavy (non-hydrogen) atoms. The van der Waals surface area contributed by atoms with Crippen molar-refractivity contribution in [3.05, 3.63) is 84.7 Å². The van der Waals surface area contributed by atoms with Gasteiger partial charge in [0.05, 0.1) is 16.0 Å². The van der Waals surface area contributed by atoms with Crippen LogP contribution in [0.4, 0.5) is 11.5 Å². The Bertz CT molecular complexity index is 1600. The average molecular weight is 509 g/mol. The van der Waals surface area contributed by atoms with Gasteiger partial charge >= 0.3 is 0 Å². The number of carbonyl (C=O) groups is 1. The van der Waals surface area contributed by atoms with Crippen LogP contribution in [0.2, 0.25) is 0 Å². The van der Waals surface area contributed by atoms with Gasteiger partial charge in [-0.1, -0.05) is 60.7 Å². The largest absolute Gasteiger partial charge is 0.342 e. The average Bonchev–Trinajstić information content (AvgIpc) is 3.53. The molecular weight excluding hydrogens is 480 g/mol. The van der Waals surface area contributed by atoms with Gasteiger partial charge in [-0.05, 0) is 58.5 Å². The highest BCUT2D eigenvalue weighted by Gasteiger charge is 2.55. The molecule has 4 aromatic rings. The number of benzene rings is 3. The molecule has 186 valence electrons. The lowest BCUT2D eigenvalue weighted by Crippen LogP contribution is -2.33. The van der Waals surface area contributed by atoms with Crippen LogP contribution in [0.5, 0.6) is 0 Å². The minimum Gasteiger partial charge on any atom is -0.342 e. The van der Waals surface area contributed by atoms with Crippen molar-refractivity contribution in [1.82, 2.24) is 9.97 Å². The fraction of sp³-hybridized carbons (Fsp3) is 0.233.